The standard InChI is InChI=1S/C13H10N4O2/c1-16-13-10(9-4-6-14-7-5-9)2-3-12(17(18)19)11(13)8-15-16/h2-8H,1H3. The van der Waals surface area contributed by atoms with Crippen LogP contribution in [0.5, 0.6) is 0 Å². The lowest BCUT2D eigenvalue weighted by Crippen LogP contribution is -1.94. The Hall–Kier alpha value is -2.76. The predicted molar refractivity (Wildman–Crippen MR) is 70.6 cm³/mol. The van der Waals surface area contributed by atoms with Gasteiger partial charge in [-0.15, -0.1) is 0 Å². The molecule has 0 amide bonds. The van der Waals surface area contributed by atoms with Gasteiger partial charge in [-0.05, 0) is 23.8 Å². The Balaban J connectivity index is 2.37. The van der Waals surface area contributed by atoms with Crippen LogP contribution in [-0.2, 0) is 7.05 Å². The molecule has 0 aliphatic heterocycles. The number of aromatic nitrogens is 3. The van der Waals surface area contributed by atoms with E-state index in [4.69, 9.17) is 0 Å². The molecule has 0 aliphatic rings. The second kappa shape index (κ2) is 4.16. The molecule has 0 atom stereocenters. The van der Waals surface area contributed by atoms with Crippen molar-refractivity contribution in [3.63, 3.8) is 0 Å². The minimum absolute atomic E-state index is 0.0703. The van der Waals surface area contributed by atoms with E-state index in [1.807, 2.05) is 12.1 Å². The average Bonchev–Trinajstić information content (AvgIpc) is 2.81. The summed E-state index contributed by atoms with van der Waals surface area (Å²) in [5.74, 6) is 0. The van der Waals surface area contributed by atoms with E-state index in [0.29, 0.717) is 5.39 Å². The fourth-order valence-electron chi connectivity index (χ4n) is 2.20. The third-order valence-electron chi connectivity index (χ3n) is 3.07. The lowest BCUT2D eigenvalue weighted by atomic mass is 10.0. The molecule has 1 aromatic carbocycles. The third kappa shape index (κ3) is 1.74. The maximum atomic E-state index is 11.0. The first-order valence-corrected chi connectivity index (χ1v) is 5.68. The number of aryl methyl sites for hydroxylation is 1. The van der Waals surface area contributed by atoms with Gasteiger partial charge in [-0.3, -0.25) is 19.8 Å². The van der Waals surface area contributed by atoms with Crippen molar-refractivity contribution >= 4 is 16.6 Å². The van der Waals surface area contributed by atoms with Crippen molar-refractivity contribution in [3.05, 3.63) is 53.0 Å². The number of fused-ring (bicyclic) bond motifs is 1. The van der Waals surface area contributed by atoms with Crippen LogP contribution in [0.25, 0.3) is 22.0 Å². The molecule has 0 spiro atoms. The second-order valence-corrected chi connectivity index (χ2v) is 4.16. The number of nitrogens with zero attached hydrogens (tertiary/aromatic N) is 4. The fraction of sp³-hybridized carbons (Fsp3) is 0.0769. The van der Waals surface area contributed by atoms with Gasteiger partial charge in [0.1, 0.15) is 0 Å². The molecule has 0 saturated heterocycles. The number of hydrogen-bond acceptors (Lipinski definition) is 4. The quantitative estimate of drug-likeness (QED) is 0.520. The van der Waals surface area contributed by atoms with Crippen LogP contribution < -0.4 is 0 Å². The first-order chi connectivity index (χ1) is 9.18. The highest BCUT2D eigenvalue weighted by atomic mass is 16.6. The Bertz CT molecular complexity index is 765. The van der Waals surface area contributed by atoms with Gasteiger partial charge in [0, 0.05) is 31.1 Å². The van der Waals surface area contributed by atoms with E-state index in [0.717, 1.165) is 16.6 Å². The molecule has 0 unspecified atom stereocenters. The fourth-order valence-corrected chi connectivity index (χ4v) is 2.20. The minimum atomic E-state index is -0.389. The summed E-state index contributed by atoms with van der Waals surface area (Å²) in [4.78, 5) is 14.6. The molecular formula is C13H10N4O2. The Labute approximate surface area is 108 Å². The molecule has 3 rings (SSSR count). The van der Waals surface area contributed by atoms with E-state index in [2.05, 4.69) is 10.1 Å². The van der Waals surface area contributed by atoms with Crippen molar-refractivity contribution in [1.29, 1.82) is 0 Å². The SMILES string of the molecule is Cn1ncc2c([N+](=O)[O-])ccc(-c3ccncc3)c21. The molecule has 0 radical (unpaired) electrons. The molecule has 0 saturated carbocycles. The van der Waals surface area contributed by atoms with Crippen molar-refractivity contribution in [3.8, 4) is 11.1 Å². The van der Waals surface area contributed by atoms with E-state index < -0.39 is 0 Å². The largest absolute Gasteiger partial charge is 0.280 e. The number of hydrogen-bond donors (Lipinski definition) is 0. The summed E-state index contributed by atoms with van der Waals surface area (Å²) in [6.45, 7) is 0. The van der Waals surface area contributed by atoms with E-state index in [1.165, 1.54) is 12.3 Å². The number of non-ortho nitro benzene ring substituents is 1. The molecule has 6 nitrogen and oxygen atoms in total. The molecule has 6 heteroatoms. The highest BCUT2D eigenvalue weighted by Crippen LogP contribution is 2.33. The summed E-state index contributed by atoms with van der Waals surface area (Å²) in [5, 5.41) is 15.7. The maximum absolute atomic E-state index is 11.0. The zero-order valence-electron chi connectivity index (χ0n) is 10.1. The van der Waals surface area contributed by atoms with Crippen LogP contribution in [0.2, 0.25) is 0 Å². The van der Waals surface area contributed by atoms with Gasteiger partial charge in [0.2, 0.25) is 0 Å². The van der Waals surface area contributed by atoms with Crippen LogP contribution in [0, 0.1) is 10.1 Å². The molecule has 0 fully saturated rings. The van der Waals surface area contributed by atoms with Crippen LogP contribution in [0.4, 0.5) is 5.69 Å². The Morgan fingerprint density at radius 1 is 1.21 bits per heavy atom. The van der Waals surface area contributed by atoms with E-state index in [-0.39, 0.29) is 10.6 Å². The highest BCUT2D eigenvalue weighted by Gasteiger charge is 2.18. The number of nitro groups is 1. The first kappa shape index (κ1) is 11.3. The van der Waals surface area contributed by atoms with Gasteiger partial charge in [0.15, 0.2) is 0 Å². The van der Waals surface area contributed by atoms with Gasteiger partial charge in [0.05, 0.1) is 22.0 Å². The normalized spacial score (nSPS) is 10.8. The molecule has 2 heterocycles. The number of rotatable bonds is 2. The lowest BCUT2D eigenvalue weighted by Gasteiger charge is -2.05. The van der Waals surface area contributed by atoms with Gasteiger partial charge in [-0.2, -0.15) is 5.10 Å². The average molecular weight is 254 g/mol. The van der Waals surface area contributed by atoms with E-state index in [1.54, 1.807) is 30.2 Å². The van der Waals surface area contributed by atoms with E-state index >= 15 is 0 Å². The Morgan fingerprint density at radius 3 is 2.63 bits per heavy atom. The second-order valence-electron chi connectivity index (χ2n) is 4.16. The minimum Gasteiger partial charge on any atom is -0.267 e. The molecule has 19 heavy (non-hydrogen) atoms. The van der Waals surface area contributed by atoms with Crippen molar-refractivity contribution in [1.82, 2.24) is 14.8 Å². The monoisotopic (exact) mass is 254 g/mol. The van der Waals surface area contributed by atoms with Gasteiger partial charge in [0.25, 0.3) is 5.69 Å². The van der Waals surface area contributed by atoms with Gasteiger partial charge < -0.3 is 0 Å². The summed E-state index contributed by atoms with van der Waals surface area (Å²) >= 11 is 0. The van der Waals surface area contributed by atoms with Crippen LogP contribution in [-0.4, -0.2) is 19.7 Å². The van der Waals surface area contributed by atoms with Crippen LogP contribution >= 0.6 is 0 Å². The molecular weight excluding hydrogens is 244 g/mol. The molecule has 2 aromatic heterocycles. The van der Waals surface area contributed by atoms with Crippen LogP contribution in [0.3, 0.4) is 0 Å². The summed E-state index contributed by atoms with van der Waals surface area (Å²) in [6, 6.07) is 7.00. The van der Waals surface area contributed by atoms with Crippen molar-refractivity contribution in [2.75, 3.05) is 0 Å². The van der Waals surface area contributed by atoms with Gasteiger partial charge >= 0.3 is 0 Å². The molecule has 0 aliphatic carbocycles. The highest BCUT2D eigenvalue weighted by molar-refractivity contribution is 5.99. The zero-order chi connectivity index (χ0) is 13.4. The predicted octanol–water partition coefficient (Wildman–Crippen LogP) is 2.54. The third-order valence-corrected chi connectivity index (χ3v) is 3.07. The summed E-state index contributed by atoms with van der Waals surface area (Å²) in [6.07, 6.45) is 4.91. The van der Waals surface area contributed by atoms with E-state index in [9.17, 15) is 10.1 Å². The molecule has 0 bridgehead atoms. The Morgan fingerprint density at radius 2 is 1.95 bits per heavy atom. The number of nitro benzene ring substituents is 1. The van der Waals surface area contributed by atoms with Crippen LogP contribution in [0.15, 0.2) is 42.9 Å². The zero-order valence-corrected chi connectivity index (χ0v) is 10.1. The van der Waals surface area contributed by atoms with Gasteiger partial charge in [-0.1, -0.05) is 0 Å². The number of pyridine rings is 1. The summed E-state index contributed by atoms with van der Waals surface area (Å²) in [5.41, 5.74) is 2.68. The number of benzene rings is 1. The van der Waals surface area contributed by atoms with Gasteiger partial charge in [-0.25, -0.2) is 0 Å². The van der Waals surface area contributed by atoms with Crippen molar-refractivity contribution in [2.24, 2.45) is 7.05 Å². The van der Waals surface area contributed by atoms with Crippen molar-refractivity contribution < 1.29 is 4.92 Å². The van der Waals surface area contributed by atoms with Crippen molar-refractivity contribution in [2.45, 2.75) is 0 Å². The Kier molecular flexibility index (Phi) is 2.49. The first-order valence-electron chi connectivity index (χ1n) is 5.68. The maximum Gasteiger partial charge on any atom is 0.280 e. The van der Waals surface area contributed by atoms with Crippen LogP contribution in [0.1, 0.15) is 0 Å². The summed E-state index contributed by atoms with van der Waals surface area (Å²) in [7, 11) is 1.77. The topological polar surface area (TPSA) is 73.8 Å². The lowest BCUT2D eigenvalue weighted by molar-refractivity contribution is -0.383. The molecule has 0 N–H and O–H groups in total. The smallest absolute Gasteiger partial charge is 0.267 e. The summed E-state index contributed by atoms with van der Waals surface area (Å²) < 4.78 is 1.65. The molecule has 3 aromatic rings. The molecule has 94 valence electrons.